The molecule has 0 saturated carbocycles. The van der Waals surface area contributed by atoms with Crippen LogP contribution in [0.3, 0.4) is 0 Å². The van der Waals surface area contributed by atoms with Gasteiger partial charge in [0.1, 0.15) is 17.9 Å². The summed E-state index contributed by atoms with van der Waals surface area (Å²) in [5.74, 6) is -2.67. The number of nitrogens with one attached hydrogen (secondary N) is 1. The molecule has 8 heteroatoms. The van der Waals surface area contributed by atoms with E-state index in [1.54, 1.807) is 18.2 Å². The topological polar surface area (TPSA) is 104 Å². The van der Waals surface area contributed by atoms with Crippen LogP contribution in [-0.2, 0) is 4.79 Å². The second-order valence-corrected chi connectivity index (χ2v) is 6.44. The zero-order chi connectivity index (χ0) is 18.8. The van der Waals surface area contributed by atoms with Gasteiger partial charge in [-0.05, 0) is 35.4 Å². The highest BCUT2D eigenvalue weighted by Gasteiger charge is 2.20. The van der Waals surface area contributed by atoms with Crippen molar-refractivity contribution in [3.63, 3.8) is 0 Å². The lowest BCUT2D eigenvalue weighted by Crippen LogP contribution is -2.32. The van der Waals surface area contributed by atoms with Gasteiger partial charge in [0.05, 0.1) is 0 Å². The number of rotatable bonds is 4. The molecule has 0 radical (unpaired) electrons. The highest BCUT2D eigenvalue weighted by atomic mass is 32.1. The minimum Gasteiger partial charge on any atom is -0.499 e. The van der Waals surface area contributed by atoms with E-state index in [4.69, 9.17) is 5.11 Å². The van der Waals surface area contributed by atoms with Crippen molar-refractivity contribution in [2.24, 2.45) is 0 Å². The Morgan fingerprint density at radius 1 is 1.12 bits per heavy atom. The number of halogens is 1. The fraction of sp³-hybridized carbons (Fsp3) is 0.0556. The fourth-order valence-corrected chi connectivity index (χ4v) is 3.37. The quantitative estimate of drug-likeness (QED) is 0.652. The number of aliphatic carboxylic acids is 1. The van der Waals surface area contributed by atoms with Crippen LogP contribution in [0.25, 0.3) is 21.2 Å². The summed E-state index contributed by atoms with van der Waals surface area (Å²) in [4.78, 5) is 35.3. The van der Waals surface area contributed by atoms with E-state index < -0.39 is 40.3 Å². The van der Waals surface area contributed by atoms with Crippen molar-refractivity contribution in [1.82, 2.24) is 5.32 Å². The number of fused-ring (bicyclic) bond motifs is 1. The van der Waals surface area contributed by atoms with Crippen molar-refractivity contribution in [1.29, 1.82) is 0 Å². The van der Waals surface area contributed by atoms with E-state index in [9.17, 15) is 23.9 Å². The molecule has 1 amide bonds. The zero-order valence-electron chi connectivity index (χ0n) is 13.2. The van der Waals surface area contributed by atoms with Crippen molar-refractivity contribution in [3.8, 4) is 16.2 Å². The normalized spacial score (nSPS) is 10.7. The Hall–Kier alpha value is -3.26. The summed E-state index contributed by atoms with van der Waals surface area (Å²) < 4.78 is 13.9. The number of hydrogen-bond donors (Lipinski definition) is 3. The van der Waals surface area contributed by atoms with Crippen molar-refractivity contribution >= 4 is 33.3 Å². The Kier molecular flexibility index (Phi) is 4.68. The number of carboxylic acids is 1. The molecule has 2 aromatic carbocycles. The van der Waals surface area contributed by atoms with E-state index in [1.807, 2.05) is 0 Å². The molecule has 6 nitrogen and oxygen atoms in total. The number of benzene rings is 2. The second kappa shape index (κ2) is 6.93. The smallest absolute Gasteiger partial charge is 0.322 e. The van der Waals surface area contributed by atoms with Gasteiger partial charge < -0.3 is 15.5 Å². The standard InChI is InChI=1S/C18H12FNO5S/c19-11-3-1-2-9(6-11)10-4-5-13-12(7-10)16(23)15(18(25)26-13)17(24)20-8-14(21)22/h1-7,25H,8H2,(H,20,24)(H,21,22). The molecule has 0 atom stereocenters. The summed E-state index contributed by atoms with van der Waals surface area (Å²) in [6, 6.07) is 10.6. The number of amides is 1. The van der Waals surface area contributed by atoms with E-state index in [0.717, 1.165) is 11.3 Å². The van der Waals surface area contributed by atoms with Crippen LogP contribution in [0.1, 0.15) is 10.4 Å². The lowest BCUT2D eigenvalue weighted by molar-refractivity contribution is -0.135. The Morgan fingerprint density at radius 2 is 1.85 bits per heavy atom. The predicted molar refractivity (Wildman–Crippen MR) is 95.1 cm³/mol. The number of aromatic hydroxyl groups is 1. The summed E-state index contributed by atoms with van der Waals surface area (Å²) in [6.45, 7) is -0.677. The molecule has 0 bridgehead atoms. The monoisotopic (exact) mass is 373 g/mol. The minimum atomic E-state index is -1.27. The van der Waals surface area contributed by atoms with Gasteiger partial charge in [0.25, 0.3) is 5.91 Å². The van der Waals surface area contributed by atoms with Gasteiger partial charge in [-0.1, -0.05) is 29.5 Å². The minimum absolute atomic E-state index is 0.176. The molecule has 26 heavy (non-hydrogen) atoms. The van der Waals surface area contributed by atoms with Crippen molar-refractivity contribution in [2.45, 2.75) is 0 Å². The molecule has 0 aliphatic carbocycles. The molecule has 0 saturated heterocycles. The van der Waals surface area contributed by atoms with Gasteiger partial charge in [-0.25, -0.2) is 4.39 Å². The number of hydrogen-bond acceptors (Lipinski definition) is 5. The predicted octanol–water partition coefficient (Wildman–Crippen LogP) is 2.59. The van der Waals surface area contributed by atoms with E-state index >= 15 is 0 Å². The molecule has 3 N–H and O–H groups in total. The Balaban J connectivity index is 2.13. The molecular formula is C18H12FNO5S. The van der Waals surface area contributed by atoms with Crippen LogP contribution in [0.2, 0.25) is 0 Å². The molecule has 0 aliphatic rings. The summed E-state index contributed by atoms with van der Waals surface area (Å²) in [7, 11) is 0. The summed E-state index contributed by atoms with van der Waals surface area (Å²) in [5.41, 5.74) is -0.109. The van der Waals surface area contributed by atoms with E-state index in [-0.39, 0.29) is 5.39 Å². The van der Waals surface area contributed by atoms with Gasteiger partial charge in [-0.3, -0.25) is 14.4 Å². The average molecular weight is 373 g/mol. The molecule has 1 heterocycles. The van der Waals surface area contributed by atoms with Crippen molar-refractivity contribution < 1.29 is 24.2 Å². The lowest BCUT2D eigenvalue weighted by atomic mass is 10.0. The van der Waals surface area contributed by atoms with Gasteiger partial charge in [0.2, 0.25) is 5.43 Å². The van der Waals surface area contributed by atoms with Crippen LogP contribution < -0.4 is 10.7 Å². The SMILES string of the molecule is O=C(O)CNC(=O)c1c(O)sc2ccc(-c3cccc(F)c3)cc2c1=O. The first-order valence-electron chi connectivity index (χ1n) is 7.42. The Morgan fingerprint density at radius 3 is 2.54 bits per heavy atom. The summed E-state index contributed by atoms with van der Waals surface area (Å²) in [5, 5.41) is 20.4. The van der Waals surface area contributed by atoms with Crippen LogP contribution in [0.5, 0.6) is 5.06 Å². The molecule has 1 aromatic heterocycles. The van der Waals surface area contributed by atoms with Crippen LogP contribution in [0, 0.1) is 5.82 Å². The third-order valence-corrected chi connectivity index (χ3v) is 4.63. The number of carbonyl (C=O) groups excluding carboxylic acids is 1. The van der Waals surface area contributed by atoms with Crippen LogP contribution in [-0.4, -0.2) is 28.6 Å². The van der Waals surface area contributed by atoms with Gasteiger partial charge >= 0.3 is 5.97 Å². The summed E-state index contributed by atoms with van der Waals surface area (Å²) >= 11 is 0.825. The van der Waals surface area contributed by atoms with E-state index in [1.165, 1.54) is 24.3 Å². The average Bonchev–Trinajstić information content (AvgIpc) is 2.59. The third kappa shape index (κ3) is 3.40. The Labute approximate surface area is 150 Å². The van der Waals surface area contributed by atoms with Crippen LogP contribution in [0.15, 0.2) is 47.3 Å². The van der Waals surface area contributed by atoms with Gasteiger partial charge in [-0.2, -0.15) is 0 Å². The molecule has 0 fully saturated rings. The number of carbonyl (C=O) groups is 2. The first-order chi connectivity index (χ1) is 12.4. The molecule has 0 unspecified atom stereocenters. The first kappa shape index (κ1) is 17.6. The maximum absolute atomic E-state index is 13.4. The largest absolute Gasteiger partial charge is 0.499 e. The van der Waals surface area contributed by atoms with Gasteiger partial charge in [0, 0.05) is 10.1 Å². The fourth-order valence-electron chi connectivity index (χ4n) is 2.48. The molecular weight excluding hydrogens is 361 g/mol. The lowest BCUT2D eigenvalue weighted by Gasteiger charge is -2.07. The van der Waals surface area contributed by atoms with E-state index in [2.05, 4.69) is 5.32 Å². The van der Waals surface area contributed by atoms with Crippen molar-refractivity contribution in [2.75, 3.05) is 6.54 Å². The highest BCUT2D eigenvalue weighted by Crippen LogP contribution is 2.31. The molecule has 132 valence electrons. The first-order valence-corrected chi connectivity index (χ1v) is 8.24. The molecule has 3 aromatic rings. The van der Waals surface area contributed by atoms with E-state index in [0.29, 0.717) is 15.8 Å². The van der Waals surface area contributed by atoms with Crippen LogP contribution >= 0.6 is 11.3 Å². The van der Waals surface area contributed by atoms with Gasteiger partial charge in [0.15, 0.2) is 5.06 Å². The maximum atomic E-state index is 13.4. The zero-order valence-corrected chi connectivity index (χ0v) is 14.0. The second-order valence-electron chi connectivity index (χ2n) is 5.41. The molecule has 0 spiro atoms. The molecule has 3 rings (SSSR count). The third-order valence-electron chi connectivity index (χ3n) is 3.66. The van der Waals surface area contributed by atoms with Crippen molar-refractivity contribution in [3.05, 3.63) is 64.1 Å². The Bertz CT molecular complexity index is 1090. The molecule has 0 aliphatic heterocycles. The van der Waals surface area contributed by atoms with Crippen LogP contribution in [0.4, 0.5) is 4.39 Å². The van der Waals surface area contributed by atoms with Gasteiger partial charge in [-0.15, -0.1) is 0 Å². The summed E-state index contributed by atoms with van der Waals surface area (Å²) in [6.07, 6.45) is 0. The maximum Gasteiger partial charge on any atom is 0.322 e. The highest BCUT2D eigenvalue weighted by molar-refractivity contribution is 7.20. The number of carboxylic acid groups (broad SMARTS) is 1.